The summed E-state index contributed by atoms with van der Waals surface area (Å²) in [6, 6.07) is 16.4. The predicted octanol–water partition coefficient (Wildman–Crippen LogP) is 4.60. The van der Waals surface area contributed by atoms with Gasteiger partial charge in [-0.05, 0) is 68.0 Å². The number of nitrogens with one attached hydrogen (secondary N) is 1. The zero-order valence-electron chi connectivity index (χ0n) is 21.5. The first-order valence-electron chi connectivity index (χ1n) is 12.5. The number of nitrogens with zero attached hydrogens (tertiary/aromatic N) is 2. The summed E-state index contributed by atoms with van der Waals surface area (Å²) < 4.78 is 33.7. The second kappa shape index (κ2) is 12.3. The first kappa shape index (κ1) is 27.5. The molecule has 0 bridgehead atoms. The summed E-state index contributed by atoms with van der Waals surface area (Å²) in [5.41, 5.74) is 2.70. The van der Waals surface area contributed by atoms with Crippen LogP contribution in [0.2, 0.25) is 0 Å². The van der Waals surface area contributed by atoms with Crippen molar-refractivity contribution in [2.75, 3.05) is 32.1 Å². The number of fused-ring (bicyclic) bond motifs is 1. The van der Waals surface area contributed by atoms with E-state index >= 15 is 0 Å². The van der Waals surface area contributed by atoms with Crippen molar-refractivity contribution >= 4 is 11.8 Å². The molecule has 1 heterocycles. The first-order valence-corrected chi connectivity index (χ1v) is 12.5. The van der Waals surface area contributed by atoms with Gasteiger partial charge in [-0.25, -0.2) is 13.6 Å². The van der Waals surface area contributed by atoms with E-state index in [-0.39, 0.29) is 24.6 Å². The molecule has 1 amide bonds. The monoisotopic (exact) mass is 525 g/mol. The van der Waals surface area contributed by atoms with Gasteiger partial charge in [0, 0.05) is 42.9 Å². The molecular formula is C29H33F2N3O4. The van der Waals surface area contributed by atoms with E-state index in [9.17, 15) is 23.8 Å². The fraction of sp³-hybridized carbons (Fsp3) is 0.345. The molecule has 202 valence electrons. The molecular weight excluding hydrogens is 492 g/mol. The van der Waals surface area contributed by atoms with E-state index in [4.69, 9.17) is 4.74 Å². The highest BCUT2D eigenvalue weighted by Crippen LogP contribution is 2.33. The molecule has 3 N–H and O–H groups in total. The lowest BCUT2D eigenvalue weighted by Gasteiger charge is -2.35. The Balaban J connectivity index is 1.59. The third-order valence-corrected chi connectivity index (χ3v) is 6.57. The summed E-state index contributed by atoms with van der Waals surface area (Å²) in [5, 5.41) is 24.8. The molecule has 0 aliphatic carbocycles. The van der Waals surface area contributed by atoms with E-state index < -0.39 is 29.9 Å². The number of rotatable bonds is 10. The van der Waals surface area contributed by atoms with Gasteiger partial charge in [-0.3, -0.25) is 4.90 Å². The Morgan fingerprint density at radius 3 is 2.42 bits per heavy atom. The van der Waals surface area contributed by atoms with Crippen LogP contribution >= 0.6 is 0 Å². The van der Waals surface area contributed by atoms with E-state index in [1.807, 2.05) is 26.2 Å². The van der Waals surface area contributed by atoms with E-state index in [0.29, 0.717) is 18.7 Å². The summed E-state index contributed by atoms with van der Waals surface area (Å²) in [5.74, 6) is -0.755. The number of carboxylic acid groups (broad SMARTS) is 1. The Hall–Kier alpha value is -3.53. The maximum absolute atomic E-state index is 13.9. The lowest BCUT2D eigenvalue weighted by molar-refractivity contribution is 0.124. The maximum Gasteiger partial charge on any atom is 0.412 e. The summed E-state index contributed by atoms with van der Waals surface area (Å²) in [7, 11) is 3.99. The number of hydrogen-bond donors (Lipinski definition) is 3. The fourth-order valence-corrected chi connectivity index (χ4v) is 4.92. The van der Waals surface area contributed by atoms with Crippen molar-refractivity contribution in [3.8, 4) is 5.75 Å². The van der Waals surface area contributed by atoms with Gasteiger partial charge in [0.2, 0.25) is 0 Å². The van der Waals surface area contributed by atoms with Crippen LogP contribution < -0.4 is 15.0 Å². The molecule has 4 rings (SSSR count). The van der Waals surface area contributed by atoms with Crippen LogP contribution in [-0.4, -0.2) is 60.6 Å². The molecule has 0 saturated heterocycles. The smallest absolute Gasteiger partial charge is 0.412 e. The van der Waals surface area contributed by atoms with E-state index in [1.54, 1.807) is 30.3 Å². The predicted molar refractivity (Wildman–Crippen MR) is 141 cm³/mol. The van der Waals surface area contributed by atoms with Crippen molar-refractivity contribution in [2.24, 2.45) is 0 Å². The van der Waals surface area contributed by atoms with E-state index in [1.165, 1.54) is 0 Å². The van der Waals surface area contributed by atoms with Gasteiger partial charge in [0.1, 0.15) is 17.4 Å². The second-order valence-electron chi connectivity index (χ2n) is 9.81. The highest BCUT2D eigenvalue weighted by molar-refractivity contribution is 5.87. The molecule has 0 aromatic heterocycles. The number of carbonyl (C=O) groups is 1. The second-order valence-corrected chi connectivity index (χ2v) is 9.81. The molecule has 0 radical (unpaired) electrons. The van der Waals surface area contributed by atoms with Crippen molar-refractivity contribution < 1.29 is 28.5 Å². The van der Waals surface area contributed by atoms with Crippen LogP contribution in [0.3, 0.4) is 0 Å². The molecule has 7 nitrogen and oxygen atoms in total. The van der Waals surface area contributed by atoms with Gasteiger partial charge in [0.25, 0.3) is 0 Å². The minimum atomic E-state index is -1.28. The zero-order valence-corrected chi connectivity index (χ0v) is 21.5. The summed E-state index contributed by atoms with van der Waals surface area (Å²) in [4.78, 5) is 15.5. The number of halogens is 2. The topological polar surface area (TPSA) is 85.3 Å². The molecule has 3 aromatic rings. The van der Waals surface area contributed by atoms with Gasteiger partial charge >= 0.3 is 6.09 Å². The van der Waals surface area contributed by atoms with Crippen LogP contribution in [0, 0.1) is 11.6 Å². The molecule has 1 aliphatic heterocycles. The van der Waals surface area contributed by atoms with Gasteiger partial charge in [-0.1, -0.05) is 24.3 Å². The van der Waals surface area contributed by atoms with Gasteiger partial charge in [0.05, 0.1) is 18.8 Å². The van der Waals surface area contributed by atoms with Gasteiger partial charge in [0.15, 0.2) is 0 Å². The lowest BCUT2D eigenvalue weighted by atomic mass is 9.96. The average Bonchev–Trinajstić information content (AvgIpc) is 2.86. The molecule has 1 aliphatic rings. The summed E-state index contributed by atoms with van der Waals surface area (Å²) in [6.45, 7) is 1.33. The van der Waals surface area contributed by atoms with Crippen molar-refractivity contribution in [1.29, 1.82) is 0 Å². The Morgan fingerprint density at radius 1 is 1.05 bits per heavy atom. The van der Waals surface area contributed by atoms with Crippen LogP contribution in [0.5, 0.6) is 5.75 Å². The van der Waals surface area contributed by atoms with Gasteiger partial charge in [-0.15, -0.1) is 0 Å². The third-order valence-electron chi connectivity index (χ3n) is 6.57. The largest absolute Gasteiger partial charge is 0.493 e. The van der Waals surface area contributed by atoms with E-state index in [2.05, 4.69) is 16.3 Å². The first-order chi connectivity index (χ1) is 18.2. The van der Waals surface area contributed by atoms with Crippen LogP contribution in [-0.2, 0) is 13.0 Å². The number of aliphatic hydroxyl groups is 1. The molecule has 0 saturated carbocycles. The highest BCUT2D eigenvalue weighted by atomic mass is 19.1. The summed E-state index contributed by atoms with van der Waals surface area (Å²) >= 11 is 0. The zero-order chi connectivity index (χ0) is 27.2. The van der Waals surface area contributed by atoms with Crippen LogP contribution in [0.1, 0.15) is 29.2 Å². The molecule has 3 aromatic carbocycles. The van der Waals surface area contributed by atoms with Gasteiger partial charge in [-0.2, -0.15) is 0 Å². The Morgan fingerprint density at radius 2 is 1.76 bits per heavy atom. The summed E-state index contributed by atoms with van der Waals surface area (Å²) in [6.07, 6.45) is -1.88. The lowest BCUT2D eigenvalue weighted by Crippen LogP contribution is -2.52. The Kier molecular flexibility index (Phi) is 8.93. The third kappa shape index (κ3) is 6.86. The van der Waals surface area contributed by atoms with Gasteiger partial charge < -0.3 is 25.2 Å². The fourth-order valence-electron chi connectivity index (χ4n) is 4.92. The number of aliphatic hydroxyl groups excluding tert-OH is 1. The number of amides is 1. The van der Waals surface area contributed by atoms with Crippen molar-refractivity contribution in [3.63, 3.8) is 0 Å². The molecule has 3 atom stereocenters. The SMILES string of the molecule is CN(C)Cc1ccc2c(c1)C(NC[C@H](O)[C@H](Cc1cc(F)cc(F)c1)N(C(=O)O)c1ccccc1)CCO2. The number of para-hydroxylation sites is 1. The normalized spacial score (nSPS) is 16.4. The number of benzene rings is 3. The van der Waals surface area contributed by atoms with Crippen LogP contribution in [0.4, 0.5) is 19.3 Å². The van der Waals surface area contributed by atoms with Crippen molar-refractivity contribution in [3.05, 3.63) is 95.1 Å². The van der Waals surface area contributed by atoms with Crippen LogP contribution in [0.15, 0.2) is 66.7 Å². The minimum Gasteiger partial charge on any atom is -0.493 e. The molecule has 1 unspecified atom stereocenters. The minimum absolute atomic E-state index is 0.0566. The van der Waals surface area contributed by atoms with Crippen molar-refractivity contribution in [2.45, 2.75) is 37.6 Å². The van der Waals surface area contributed by atoms with Crippen LogP contribution in [0.25, 0.3) is 0 Å². The average molecular weight is 526 g/mol. The maximum atomic E-state index is 13.9. The Labute approximate surface area is 221 Å². The molecule has 0 fully saturated rings. The number of anilines is 1. The number of ether oxygens (including phenoxy) is 1. The van der Waals surface area contributed by atoms with E-state index in [0.717, 1.165) is 46.5 Å². The number of hydrogen-bond acceptors (Lipinski definition) is 5. The highest BCUT2D eigenvalue weighted by Gasteiger charge is 2.33. The molecule has 0 spiro atoms. The quantitative estimate of drug-likeness (QED) is 0.359. The standard InChI is InChI=1S/C29H33F2N3O4/c1-33(2)18-19-8-9-28-24(14-19)25(10-11-38-28)32-17-27(35)26(15-20-12-21(30)16-22(31)13-20)34(29(36)37)23-6-4-3-5-7-23/h3-9,12-14,16,25-27,32,35H,10-11,15,17-18H2,1-2H3,(H,36,37)/t25?,26-,27-/m0/s1. The molecule has 38 heavy (non-hydrogen) atoms. The van der Waals surface area contributed by atoms with Crippen molar-refractivity contribution in [1.82, 2.24) is 10.2 Å². The Bertz CT molecular complexity index is 1220. The molecule has 9 heteroatoms.